The zero-order valence-corrected chi connectivity index (χ0v) is 11.7. The third-order valence-electron chi connectivity index (χ3n) is 4.72. The first-order chi connectivity index (χ1) is 8.69. The van der Waals surface area contributed by atoms with E-state index >= 15 is 0 Å². The molecule has 0 aromatic rings. The summed E-state index contributed by atoms with van der Waals surface area (Å²) in [5.41, 5.74) is -0.192. The molecule has 0 heterocycles. The van der Waals surface area contributed by atoms with Gasteiger partial charge >= 0.3 is 5.97 Å². The average Bonchev–Trinajstić information content (AvgIpc) is 2.36. The molecule has 0 aromatic carbocycles. The van der Waals surface area contributed by atoms with Gasteiger partial charge in [-0.1, -0.05) is 26.2 Å². The van der Waals surface area contributed by atoms with Crippen molar-refractivity contribution in [1.29, 1.82) is 0 Å². The van der Waals surface area contributed by atoms with Crippen LogP contribution in [0.1, 0.15) is 64.7 Å². The lowest BCUT2D eigenvalue weighted by Crippen LogP contribution is -2.47. The summed E-state index contributed by atoms with van der Waals surface area (Å²) < 4.78 is 11.2. The highest BCUT2D eigenvalue weighted by Crippen LogP contribution is 2.43. The van der Waals surface area contributed by atoms with E-state index in [0.29, 0.717) is 18.4 Å². The predicted molar refractivity (Wildman–Crippen MR) is 70.3 cm³/mol. The second-order valence-corrected chi connectivity index (χ2v) is 5.90. The Morgan fingerprint density at radius 1 is 1.22 bits per heavy atom. The van der Waals surface area contributed by atoms with Crippen LogP contribution in [-0.2, 0) is 14.3 Å². The van der Waals surface area contributed by atoms with E-state index in [1.54, 1.807) is 0 Å². The Morgan fingerprint density at radius 2 is 1.94 bits per heavy atom. The number of rotatable bonds is 5. The Labute approximate surface area is 110 Å². The van der Waals surface area contributed by atoms with Crippen molar-refractivity contribution in [3.8, 4) is 0 Å². The molecule has 0 saturated heterocycles. The van der Waals surface area contributed by atoms with Crippen molar-refractivity contribution in [2.45, 2.75) is 76.4 Å². The van der Waals surface area contributed by atoms with Crippen molar-refractivity contribution in [1.82, 2.24) is 0 Å². The van der Waals surface area contributed by atoms with Crippen LogP contribution in [0.3, 0.4) is 0 Å². The highest BCUT2D eigenvalue weighted by atomic mass is 16.5. The van der Waals surface area contributed by atoms with E-state index in [2.05, 4.69) is 6.92 Å². The maximum Gasteiger partial charge on any atom is 0.308 e. The Hall–Kier alpha value is -0.570. The first-order valence-corrected chi connectivity index (χ1v) is 7.44. The van der Waals surface area contributed by atoms with Crippen LogP contribution >= 0.6 is 0 Å². The highest BCUT2D eigenvalue weighted by Gasteiger charge is 2.43. The molecule has 2 atom stereocenters. The second kappa shape index (κ2) is 6.05. The van der Waals surface area contributed by atoms with Gasteiger partial charge in [-0.05, 0) is 38.0 Å². The van der Waals surface area contributed by atoms with Crippen LogP contribution in [0.5, 0.6) is 0 Å². The van der Waals surface area contributed by atoms with Crippen molar-refractivity contribution >= 4 is 5.97 Å². The molecule has 0 amide bonds. The van der Waals surface area contributed by atoms with Gasteiger partial charge in [-0.3, -0.25) is 4.79 Å². The summed E-state index contributed by atoms with van der Waals surface area (Å²) in [6.07, 6.45) is 10.3. The van der Waals surface area contributed by atoms with Gasteiger partial charge in [0.2, 0.25) is 0 Å². The summed E-state index contributed by atoms with van der Waals surface area (Å²) in [4.78, 5) is 11.5. The lowest BCUT2D eigenvalue weighted by molar-refractivity contribution is -0.181. The summed E-state index contributed by atoms with van der Waals surface area (Å²) in [7, 11) is 1.46. The summed E-state index contributed by atoms with van der Waals surface area (Å²) >= 11 is 0. The van der Waals surface area contributed by atoms with Gasteiger partial charge in [-0.15, -0.1) is 0 Å². The molecule has 0 bridgehead atoms. The number of ether oxygens (including phenoxy) is 2. The van der Waals surface area contributed by atoms with Gasteiger partial charge in [0, 0.05) is 0 Å². The third kappa shape index (κ3) is 3.05. The minimum Gasteiger partial charge on any atom is -0.469 e. The predicted octanol–water partition coefficient (Wildman–Crippen LogP) is 3.46. The van der Waals surface area contributed by atoms with Crippen molar-refractivity contribution in [2.24, 2.45) is 5.92 Å². The molecule has 0 N–H and O–H groups in total. The van der Waals surface area contributed by atoms with Gasteiger partial charge in [0.05, 0.1) is 25.2 Å². The van der Waals surface area contributed by atoms with Crippen LogP contribution < -0.4 is 0 Å². The monoisotopic (exact) mass is 254 g/mol. The van der Waals surface area contributed by atoms with E-state index in [0.717, 1.165) is 12.8 Å². The van der Waals surface area contributed by atoms with E-state index in [1.165, 1.54) is 45.6 Å². The Kier molecular flexibility index (Phi) is 4.66. The number of hydrogen-bond acceptors (Lipinski definition) is 3. The minimum absolute atomic E-state index is 0.126. The molecule has 0 aliphatic heterocycles. The van der Waals surface area contributed by atoms with E-state index in [4.69, 9.17) is 9.47 Å². The molecular formula is C15H26O3. The third-order valence-corrected chi connectivity index (χ3v) is 4.72. The summed E-state index contributed by atoms with van der Waals surface area (Å²) in [5.74, 6) is 0.562. The van der Waals surface area contributed by atoms with Gasteiger partial charge in [0.25, 0.3) is 0 Å². The summed E-state index contributed by atoms with van der Waals surface area (Å²) in [6.45, 7) is 2.25. The smallest absolute Gasteiger partial charge is 0.308 e. The number of carbonyl (C=O) groups is 1. The fourth-order valence-corrected chi connectivity index (χ4v) is 3.36. The molecule has 2 unspecified atom stereocenters. The van der Waals surface area contributed by atoms with Crippen LogP contribution in [0.2, 0.25) is 0 Å². The number of methoxy groups -OCH3 is 1. The number of hydrogen-bond donors (Lipinski definition) is 0. The topological polar surface area (TPSA) is 35.5 Å². The molecule has 18 heavy (non-hydrogen) atoms. The van der Waals surface area contributed by atoms with E-state index < -0.39 is 0 Å². The number of carbonyl (C=O) groups excluding carboxylic acids is 1. The Morgan fingerprint density at radius 3 is 2.50 bits per heavy atom. The Bertz CT molecular complexity index is 283. The molecule has 3 nitrogen and oxygen atoms in total. The minimum atomic E-state index is -0.192. The van der Waals surface area contributed by atoms with Crippen molar-refractivity contribution in [3.05, 3.63) is 0 Å². The molecule has 2 saturated carbocycles. The largest absolute Gasteiger partial charge is 0.469 e. The molecule has 2 fully saturated rings. The van der Waals surface area contributed by atoms with Crippen LogP contribution in [-0.4, -0.2) is 24.8 Å². The summed E-state index contributed by atoms with van der Waals surface area (Å²) in [5, 5.41) is 0. The Balaban J connectivity index is 1.94. The fourth-order valence-electron chi connectivity index (χ4n) is 3.36. The molecule has 0 spiro atoms. The van der Waals surface area contributed by atoms with Gasteiger partial charge < -0.3 is 9.47 Å². The van der Waals surface area contributed by atoms with Crippen molar-refractivity contribution in [3.63, 3.8) is 0 Å². The van der Waals surface area contributed by atoms with Crippen molar-refractivity contribution < 1.29 is 14.3 Å². The van der Waals surface area contributed by atoms with Crippen LogP contribution in [0, 0.1) is 5.92 Å². The molecule has 3 heteroatoms. The molecule has 2 aliphatic carbocycles. The highest BCUT2D eigenvalue weighted by molar-refractivity contribution is 5.70. The van der Waals surface area contributed by atoms with Gasteiger partial charge in [0.1, 0.15) is 0 Å². The fraction of sp³-hybridized carbons (Fsp3) is 0.933. The first-order valence-electron chi connectivity index (χ1n) is 7.44. The maximum atomic E-state index is 11.5. The number of esters is 1. The van der Waals surface area contributed by atoms with Gasteiger partial charge in [-0.25, -0.2) is 0 Å². The van der Waals surface area contributed by atoms with Gasteiger partial charge in [-0.2, -0.15) is 0 Å². The standard InChI is InChI=1S/C15H26O3/c1-3-12-7-4-5-8-13(12)18-15(9-6-10-15)11-14(16)17-2/h12-13H,3-11H2,1-2H3. The molecule has 104 valence electrons. The first kappa shape index (κ1) is 13.9. The molecular weight excluding hydrogens is 228 g/mol. The molecule has 2 aliphatic rings. The lowest BCUT2D eigenvalue weighted by Gasteiger charge is -2.46. The van der Waals surface area contributed by atoms with E-state index in [-0.39, 0.29) is 11.6 Å². The molecule has 0 radical (unpaired) electrons. The quantitative estimate of drug-likeness (QED) is 0.705. The van der Waals surface area contributed by atoms with Crippen LogP contribution in [0.15, 0.2) is 0 Å². The normalized spacial score (nSPS) is 30.6. The zero-order valence-electron chi connectivity index (χ0n) is 11.7. The van der Waals surface area contributed by atoms with Crippen LogP contribution in [0.25, 0.3) is 0 Å². The lowest BCUT2D eigenvalue weighted by atomic mass is 9.76. The summed E-state index contributed by atoms with van der Waals surface area (Å²) in [6, 6.07) is 0. The van der Waals surface area contributed by atoms with E-state index in [9.17, 15) is 4.79 Å². The van der Waals surface area contributed by atoms with Crippen molar-refractivity contribution in [2.75, 3.05) is 7.11 Å². The average molecular weight is 254 g/mol. The zero-order chi connectivity index (χ0) is 13.0. The van der Waals surface area contributed by atoms with E-state index in [1.807, 2.05) is 0 Å². The second-order valence-electron chi connectivity index (χ2n) is 5.90. The van der Waals surface area contributed by atoms with Crippen LogP contribution in [0.4, 0.5) is 0 Å². The van der Waals surface area contributed by atoms with Gasteiger partial charge in [0.15, 0.2) is 0 Å². The molecule has 2 rings (SSSR count). The maximum absolute atomic E-state index is 11.5. The molecule has 0 aromatic heterocycles. The SMILES string of the molecule is CCC1CCCCC1OC1(CC(=O)OC)CCC1.